The molecule has 0 saturated carbocycles. The minimum absolute atomic E-state index is 0.102. The van der Waals surface area contributed by atoms with Crippen LogP contribution in [-0.2, 0) is 11.2 Å². The summed E-state index contributed by atoms with van der Waals surface area (Å²) >= 11 is 0. The molecule has 0 spiro atoms. The Morgan fingerprint density at radius 2 is 2.19 bits per heavy atom. The Labute approximate surface area is 92.6 Å². The maximum Gasteiger partial charge on any atom is 0.274 e. The molecule has 0 fully saturated rings. The van der Waals surface area contributed by atoms with Crippen molar-refractivity contribution in [3.05, 3.63) is 11.4 Å². The second kappa shape index (κ2) is 5.15. The molecule has 0 bridgehead atoms. The summed E-state index contributed by atoms with van der Waals surface area (Å²) in [5.41, 5.74) is 11.8. The monoisotopic (exact) mass is 225 g/mol. The summed E-state index contributed by atoms with van der Waals surface area (Å²) in [6.07, 6.45) is 1.62. The summed E-state index contributed by atoms with van der Waals surface area (Å²) in [7, 11) is 0. The quantitative estimate of drug-likeness (QED) is 0.521. The Bertz CT molecular complexity index is 399. The number of aromatic amines is 1. The van der Waals surface area contributed by atoms with Crippen molar-refractivity contribution in [2.45, 2.75) is 19.8 Å². The highest BCUT2D eigenvalue weighted by molar-refractivity contribution is 5.99. The molecule has 7 heteroatoms. The molecule has 1 aromatic heterocycles. The Morgan fingerprint density at radius 1 is 1.50 bits per heavy atom. The SMILES string of the molecule is CCCc1[nH]nc(C(=O)NCC(N)=O)c1N. The second-order valence-corrected chi connectivity index (χ2v) is 3.36. The van der Waals surface area contributed by atoms with Gasteiger partial charge in [-0.3, -0.25) is 14.7 Å². The minimum atomic E-state index is -0.615. The van der Waals surface area contributed by atoms with Gasteiger partial charge in [0.1, 0.15) is 0 Å². The van der Waals surface area contributed by atoms with Gasteiger partial charge in [-0.25, -0.2) is 0 Å². The summed E-state index contributed by atoms with van der Waals surface area (Å²) in [5.74, 6) is -1.12. The fourth-order valence-corrected chi connectivity index (χ4v) is 1.25. The van der Waals surface area contributed by atoms with Gasteiger partial charge in [0.25, 0.3) is 5.91 Å². The van der Waals surface area contributed by atoms with Crippen LogP contribution in [0.2, 0.25) is 0 Å². The van der Waals surface area contributed by atoms with Crippen LogP contribution in [0, 0.1) is 0 Å². The van der Waals surface area contributed by atoms with Crippen molar-refractivity contribution in [2.24, 2.45) is 5.73 Å². The van der Waals surface area contributed by atoms with Gasteiger partial charge in [0.2, 0.25) is 5.91 Å². The Morgan fingerprint density at radius 3 is 2.75 bits per heavy atom. The molecular formula is C9H15N5O2. The number of primary amides is 1. The molecule has 2 amide bonds. The van der Waals surface area contributed by atoms with E-state index in [9.17, 15) is 9.59 Å². The predicted molar refractivity (Wildman–Crippen MR) is 58.5 cm³/mol. The second-order valence-electron chi connectivity index (χ2n) is 3.36. The third-order valence-electron chi connectivity index (χ3n) is 2.02. The molecule has 6 N–H and O–H groups in total. The van der Waals surface area contributed by atoms with Gasteiger partial charge in [-0.15, -0.1) is 0 Å². The van der Waals surface area contributed by atoms with Crippen molar-refractivity contribution < 1.29 is 9.59 Å². The number of carbonyl (C=O) groups excluding carboxylic acids is 2. The number of hydrogen-bond donors (Lipinski definition) is 4. The molecule has 0 aliphatic heterocycles. The lowest BCUT2D eigenvalue weighted by molar-refractivity contribution is -0.117. The summed E-state index contributed by atoms with van der Waals surface area (Å²) in [6.45, 7) is 1.77. The minimum Gasteiger partial charge on any atom is -0.395 e. The predicted octanol–water partition coefficient (Wildman–Crippen LogP) is -0.840. The Hall–Kier alpha value is -2.05. The smallest absolute Gasteiger partial charge is 0.274 e. The Balaban J connectivity index is 2.72. The number of nitrogen functional groups attached to an aromatic ring is 1. The van der Waals surface area contributed by atoms with Gasteiger partial charge >= 0.3 is 0 Å². The van der Waals surface area contributed by atoms with Crippen LogP contribution >= 0.6 is 0 Å². The van der Waals surface area contributed by atoms with Gasteiger partial charge in [0.15, 0.2) is 5.69 Å². The summed E-state index contributed by atoms with van der Waals surface area (Å²) < 4.78 is 0. The van der Waals surface area contributed by atoms with E-state index in [1.165, 1.54) is 0 Å². The van der Waals surface area contributed by atoms with E-state index in [2.05, 4.69) is 15.5 Å². The van der Waals surface area contributed by atoms with Gasteiger partial charge in [-0.05, 0) is 6.42 Å². The zero-order valence-electron chi connectivity index (χ0n) is 9.04. The van der Waals surface area contributed by atoms with E-state index in [0.29, 0.717) is 5.69 Å². The number of nitrogens with two attached hydrogens (primary N) is 2. The van der Waals surface area contributed by atoms with Gasteiger partial charge < -0.3 is 16.8 Å². The number of nitrogens with zero attached hydrogens (tertiary/aromatic N) is 1. The molecule has 0 aromatic carbocycles. The summed E-state index contributed by atoms with van der Waals surface area (Å²) in [4.78, 5) is 22.0. The van der Waals surface area contributed by atoms with Gasteiger partial charge in [-0.1, -0.05) is 13.3 Å². The largest absolute Gasteiger partial charge is 0.395 e. The first-order valence-electron chi connectivity index (χ1n) is 4.95. The summed E-state index contributed by atoms with van der Waals surface area (Å²) in [5, 5.41) is 8.81. The van der Waals surface area contributed by atoms with Crippen LogP contribution in [0.5, 0.6) is 0 Å². The number of aromatic nitrogens is 2. The fourth-order valence-electron chi connectivity index (χ4n) is 1.25. The molecule has 0 aliphatic rings. The van der Waals surface area contributed by atoms with Gasteiger partial charge in [0, 0.05) is 0 Å². The Kier molecular flexibility index (Phi) is 3.87. The van der Waals surface area contributed by atoms with Crippen LogP contribution < -0.4 is 16.8 Å². The molecule has 0 saturated heterocycles. The highest BCUT2D eigenvalue weighted by Crippen LogP contribution is 2.15. The lowest BCUT2D eigenvalue weighted by Gasteiger charge is -2.00. The van der Waals surface area contributed by atoms with Crippen molar-refractivity contribution in [1.82, 2.24) is 15.5 Å². The molecule has 88 valence electrons. The number of hydrogen-bond acceptors (Lipinski definition) is 4. The van der Waals surface area contributed by atoms with E-state index in [0.717, 1.165) is 18.5 Å². The number of H-pyrrole nitrogens is 1. The van der Waals surface area contributed by atoms with Crippen molar-refractivity contribution in [3.63, 3.8) is 0 Å². The molecular weight excluding hydrogens is 210 g/mol. The third-order valence-corrected chi connectivity index (χ3v) is 2.02. The first kappa shape index (κ1) is 12.0. The molecule has 1 aromatic rings. The van der Waals surface area contributed by atoms with Gasteiger partial charge in [0.05, 0.1) is 17.9 Å². The van der Waals surface area contributed by atoms with E-state index in [1.807, 2.05) is 6.92 Å². The zero-order valence-corrected chi connectivity index (χ0v) is 9.04. The van der Waals surface area contributed by atoms with Crippen LogP contribution in [-0.4, -0.2) is 28.6 Å². The van der Waals surface area contributed by atoms with E-state index in [1.54, 1.807) is 0 Å². The topological polar surface area (TPSA) is 127 Å². The third kappa shape index (κ3) is 2.72. The van der Waals surface area contributed by atoms with E-state index in [-0.39, 0.29) is 12.2 Å². The average molecular weight is 225 g/mol. The molecule has 7 nitrogen and oxygen atoms in total. The van der Waals surface area contributed by atoms with Crippen LogP contribution in [0.3, 0.4) is 0 Å². The molecule has 0 radical (unpaired) electrons. The zero-order chi connectivity index (χ0) is 12.1. The van der Waals surface area contributed by atoms with Gasteiger partial charge in [-0.2, -0.15) is 5.10 Å². The van der Waals surface area contributed by atoms with Crippen LogP contribution in [0.1, 0.15) is 29.5 Å². The van der Waals surface area contributed by atoms with Crippen LogP contribution in [0.15, 0.2) is 0 Å². The highest BCUT2D eigenvalue weighted by Gasteiger charge is 2.16. The highest BCUT2D eigenvalue weighted by atomic mass is 16.2. The van der Waals surface area contributed by atoms with E-state index in [4.69, 9.17) is 11.5 Å². The maximum absolute atomic E-state index is 11.5. The number of nitrogens with one attached hydrogen (secondary N) is 2. The normalized spacial score (nSPS) is 10.1. The van der Waals surface area contributed by atoms with Crippen molar-refractivity contribution in [3.8, 4) is 0 Å². The molecule has 0 aliphatic carbocycles. The number of aryl methyl sites for hydroxylation is 1. The first-order chi connectivity index (χ1) is 7.56. The van der Waals surface area contributed by atoms with Crippen LogP contribution in [0.25, 0.3) is 0 Å². The number of anilines is 1. The molecule has 1 rings (SSSR count). The summed E-state index contributed by atoms with van der Waals surface area (Å²) in [6, 6.07) is 0. The molecule has 0 unspecified atom stereocenters. The number of rotatable bonds is 5. The maximum atomic E-state index is 11.5. The standard InChI is InChI=1S/C9H15N5O2/c1-2-3-5-7(11)8(14-13-5)9(16)12-4-6(10)15/h2-4,11H2,1H3,(H2,10,15)(H,12,16)(H,13,14). The lowest BCUT2D eigenvalue weighted by atomic mass is 10.2. The number of amides is 2. The lowest BCUT2D eigenvalue weighted by Crippen LogP contribution is -2.33. The van der Waals surface area contributed by atoms with Crippen molar-refractivity contribution in [1.29, 1.82) is 0 Å². The van der Waals surface area contributed by atoms with Crippen molar-refractivity contribution >= 4 is 17.5 Å². The molecule has 1 heterocycles. The fraction of sp³-hybridized carbons (Fsp3) is 0.444. The van der Waals surface area contributed by atoms with Crippen molar-refractivity contribution in [2.75, 3.05) is 12.3 Å². The first-order valence-corrected chi connectivity index (χ1v) is 4.95. The number of carbonyl (C=O) groups is 2. The van der Waals surface area contributed by atoms with Crippen LogP contribution in [0.4, 0.5) is 5.69 Å². The molecule has 0 atom stereocenters. The van der Waals surface area contributed by atoms with E-state index < -0.39 is 11.8 Å². The average Bonchev–Trinajstić information content (AvgIpc) is 2.58. The molecule has 16 heavy (non-hydrogen) atoms. The van der Waals surface area contributed by atoms with E-state index >= 15 is 0 Å².